The van der Waals surface area contributed by atoms with Gasteiger partial charge >= 0.3 is 17.9 Å². The fraction of sp³-hybridized carbons (Fsp3) is 0.600. The second-order valence-electron chi connectivity index (χ2n) is 6.00. The van der Waals surface area contributed by atoms with Crippen molar-refractivity contribution in [1.82, 2.24) is 16.0 Å². The first kappa shape index (κ1) is 24.8. The fourth-order valence-electron chi connectivity index (χ4n) is 1.85. The molecular formula is C15H24N4O9. The molecule has 4 atom stereocenters. The maximum Gasteiger partial charge on any atom is 0.325 e. The molecule has 0 spiro atoms. The molecule has 0 aliphatic carbocycles. The third-order valence-corrected chi connectivity index (χ3v) is 3.50. The molecule has 0 saturated heterocycles. The molecule has 0 unspecified atom stereocenters. The second-order valence-corrected chi connectivity index (χ2v) is 6.00. The van der Waals surface area contributed by atoms with Crippen LogP contribution in [0.3, 0.4) is 0 Å². The molecule has 0 aromatic carbocycles. The van der Waals surface area contributed by atoms with E-state index >= 15 is 0 Å². The Morgan fingerprint density at radius 2 is 1.32 bits per heavy atom. The van der Waals surface area contributed by atoms with Gasteiger partial charge in [0.05, 0.1) is 12.5 Å². The van der Waals surface area contributed by atoms with E-state index in [1.54, 1.807) is 0 Å². The Labute approximate surface area is 159 Å². The minimum Gasteiger partial charge on any atom is -0.481 e. The van der Waals surface area contributed by atoms with Crippen molar-refractivity contribution in [2.75, 3.05) is 0 Å². The molecule has 13 heteroatoms. The van der Waals surface area contributed by atoms with Gasteiger partial charge in [-0.3, -0.25) is 28.8 Å². The second kappa shape index (κ2) is 11.5. The summed E-state index contributed by atoms with van der Waals surface area (Å²) in [7, 11) is 0. The van der Waals surface area contributed by atoms with Crippen molar-refractivity contribution in [3.63, 3.8) is 0 Å². The number of aliphatic carboxylic acids is 3. The molecule has 0 rings (SSSR count). The van der Waals surface area contributed by atoms with Crippen LogP contribution in [0.1, 0.15) is 33.1 Å². The summed E-state index contributed by atoms with van der Waals surface area (Å²) in [4.78, 5) is 68.1. The van der Waals surface area contributed by atoms with Crippen LogP contribution in [0.5, 0.6) is 0 Å². The van der Waals surface area contributed by atoms with Gasteiger partial charge in [-0.1, -0.05) is 0 Å². The third-order valence-electron chi connectivity index (χ3n) is 3.50. The van der Waals surface area contributed by atoms with Crippen LogP contribution < -0.4 is 21.7 Å². The average molecular weight is 404 g/mol. The fourth-order valence-corrected chi connectivity index (χ4v) is 1.85. The van der Waals surface area contributed by atoms with Crippen molar-refractivity contribution in [3.8, 4) is 0 Å². The first-order chi connectivity index (χ1) is 12.8. The predicted molar refractivity (Wildman–Crippen MR) is 91.9 cm³/mol. The number of nitrogens with two attached hydrogens (primary N) is 1. The van der Waals surface area contributed by atoms with Crippen molar-refractivity contribution in [2.45, 2.75) is 57.3 Å². The van der Waals surface area contributed by atoms with E-state index in [-0.39, 0.29) is 12.8 Å². The third kappa shape index (κ3) is 9.47. The van der Waals surface area contributed by atoms with Crippen LogP contribution in [0.4, 0.5) is 0 Å². The first-order valence-corrected chi connectivity index (χ1v) is 8.18. The molecule has 13 nitrogen and oxygen atoms in total. The Bertz CT molecular complexity index is 637. The highest BCUT2D eigenvalue weighted by atomic mass is 16.4. The van der Waals surface area contributed by atoms with Crippen LogP contribution in [-0.4, -0.2) is 75.1 Å². The number of carbonyl (C=O) groups is 6. The standard InChI is InChI=1S/C15H24N4O9/c1-6(17-13(25)8(16)3-4-10(20)21)12(24)19-9(5-11(22)23)14(26)18-7(2)15(27)28/h6-9H,3-5,16H2,1-2H3,(H,17,25)(H,18,26)(H,19,24)(H,20,21)(H,22,23)(H,27,28)/t6-,7-,8-,9-/m0/s1. The number of amides is 3. The van der Waals surface area contributed by atoms with Crippen molar-refractivity contribution in [2.24, 2.45) is 5.73 Å². The molecule has 8 N–H and O–H groups in total. The molecular weight excluding hydrogens is 380 g/mol. The molecule has 0 saturated carbocycles. The summed E-state index contributed by atoms with van der Waals surface area (Å²) in [6.07, 6.45) is -1.33. The predicted octanol–water partition coefficient (Wildman–Crippen LogP) is -2.77. The quantitative estimate of drug-likeness (QED) is 0.177. The smallest absolute Gasteiger partial charge is 0.325 e. The lowest BCUT2D eigenvalue weighted by molar-refractivity contribution is -0.143. The van der Waals surface area contributed by atoms with Gasteiger partial charge in [-0.05, 0) is 20.3 Å². The number of nitrogens with one attached hydrogen (secondary N) is 3. The maximum absolute atomic E-state index is 12.1. The SMILES string of the molecule is C[C@H](NC(=O)[C@H](CC(=O)O)NC(=O)[C@H](C)NC(=O)[C@@H](N)CCC(=O)O)C(=O)O. The van der Waals surface area contributed by atoms with Crippen LogP contribution in [0.15, 0.2) is 0 Å². The highest BCUT2D eigenvalue weighted by Gasteiger charge is 2.29. The molecule has 0 heterocycles. The molecule has 3 amide bonds. The van der Waals surface area contributed by atoms with E-state index in [2.05, 4.69) is 10.6 Å². The topological polar surface area (TPSA) is 225 Å². The van der Waals surface area contributed by atoms with Gasteiger partial charge in [-0.25, -0.2) is 0 Å². The number of hydrogen-bond donors (Lipinski definition) is 7. The normalized spacial score (nSPS) is 14.7. The van der Waals surface area contributed by atoms with Gasteiger partial charge in [0, 0.05) is 6.42 Å². The molecule has 0 aliphatic heterocycles. The van der Waals surface area contributed by atoms with Gasteiger partial charge in [0.2, 0.25) is 17.7 Å². The molecule has 0 fully saturated rings. The Morgan fingerprint density at radius 1 is 0.786 bits per heavy atom. The van der Waals surface area contributed by atoms with Crippen LogP contribution in [-0.2, 0) is 28.8 Å². The van der Waals surface area contributed by atoms with Crippen LogP contribution in [0.25, 0.3) is 0 Å². The molecule has 0 aliphatic rings. The lowest BCUT2D eigenvalue weighted by Crippen LogP contribution is -2.56. The summed E-state index contributed by atoms with van der Waals surface area (Å²) in [5.74, 6) is -6.67. The van der Waals surface area contributed by atoms with Crippen molar-refractivity contribution >= 4 is 35.6 Å². The van der Waals surface area contributed by atoms with Crippen molar-refractivity contribution in [3.05, 3.63) is 0 Å². The van der Waals surface area contributed by atoms with Gasteiger partial charge in [0.1, 0.15) is 18.1 Å². The minimum atomic E-state index is -1.58. The van der Waals surface area contributed by atoms with E-state index in [9.17, 15) is 28.8 Å². The highest BCUT2D eigenvalue weighted by Crippen LogP contribution is 1.99. The number of carboxylic acids is 3. The van der Waals surface area contributed by atoms with Gasteiger partial charge in [-0.15, -0.1) is 0 Å². The summed E-state index contributed by atoms with van der Waals surface area (Å²) >= 11 is 0. The summed E-state index contributed by atoms with van der Waals surface area (Å²) in [6, 6.07) is -5.29. The summed E-state index contributed by atoms with van der Waals surface area (Å²) in [5.41, 5.74) is 5.51. The van der Waals surface area contributed by atoms with E-state index < -0.39 is 66.2 Å². The van der Waals surface area contributed by atoms with Crippen LogP contribution in [0, 0.1) is 0 Å². The lowest BCUT2D eigenvalue weighted by Gasteiger charge is -2.22. The van der Waals surface area contributed by atoms with E-state index in [4.69, 9.17) is 21.1 Å². The molecule has 0 bridgehead atoms. The average Bonchev–Trinajstić information content (AvgIpc) is 2.57. The Kier molecular flexibility index (Phi) is 10.2. The minimum absolute atomic E-state index is 0.160. The number of rotatable bonds is 12. The van der Waals surface area contributed by atoms with Gasteiger partial charge in [-0.2, -0.15) is 0 Å². The Hall–Kier alpha value is -3.22. The summed E-state index contributed by atoms with van der Waals surface area (Å²) in [5, 5.41) is 32.6. The van der Waals surface area contributed by atoms with Crippen LogP contribution in [0.2, 0.25) is 0 Å². The zero-order valence-corrected chi connectivity index (χ0v) is 15.3. The molecule has 0 radical (unpaired) electrons. The van der Waals surface area contributed by atoms with Crippen LogP contribution >= 0.6 is 0 Å². The van der Waals surface area contributed by atoms with Gasteiger partial charge in [0.15, 0.2) is 0 Å². The zero-order valence-electron chi connectivity index (χ0n) is 15.3. The van der Waals surface area contributed by atoms with E-state index in [0.29, 0.717) is 0 Å². The van der Waals surface area contributed by atoms with Gasteiger partial charge in [0.25, 0.3) is 0 Å². The van der Waals surface area contributed by atoms with E-state index in [0.717, 1.165) is 6.92 Å². The number of carboxylic acid groups (broad SMARTS) is 3. The number of carbonyl (C=O) groups excluding carboxylic acids is 3. The van der Waals surface area contributed by atoms with Crippen molar-refractivity contribution < 1.29 is 44.1 Å². The largest absolute Gasteiger partial charge is 0.481 e. The Morgan fingerprint density at radius 3 is 1.79 bits per heavy atom. The monoisotopic (exact) mass is 404 g/mol. The molecule has 0 aromatic rings. The Balaban J connectivity index is 4.89. The maximum atomic E-state index is 12.1. The highest BCUT2D eigenvalue weighted by molar-refractivity contribution is 5.95. The molecule has 0 aromatic heterocycles. The van der Waals surface area contributed by atoms with Gasteiger partial charge < -0.3 is 37.0 Å². The molecule has 28 heavy (non-hydrogen) atoms. The lowest BCUT2D eigenvalue weighted by atomic mass is 10.1. The zero-order chi connectivity index (χ0) is 22.0. The summed E-state index contributed by atoms with van der Waals surface area (Å²) in [6.45, 7) is 2.40. The first-order valence-electron chi connectivity index (χ1n) is 8.18. The molecule has 158 valence electrons. The number of hydrogen-bond acceptors (Lipinski definition) is 7. The summed E-state index contributed by atoms with van der Waals surface area (Å²) < 4.78 is 0. The van der Waals surface area contributed by atoms with E-state index in [1.807, 2.05) is 5.32 Å². The van der Waals surface area contributed by atoms with E-state index in [1.165, 1.54) is 6.92 Å². The van der Waals surface area contributed by atoms with Crippen molar-refractivity contribution in [1.29, 1.82) is 0 Å².